The fourth-order valence-corrected chi connectivity index (χ4v) is 6.59. The van der Waals surface area contributed by atoms with E-state index in [1.807, 2.05) is 136 Å². The zero-order valence-electron chi connectivity index (χ0n) is 61.1. The van der Waals surface area contributed by atoms with Crippen LogP contribution >= 0.6 is 11.3 Å². The molecule has 0 unspecified atom stereocenters. The summed E-state index contributed by atoms with van der Waals surface area (Å²) in [7, 11) is 11.3. The minimum absolute atomic E-state index is 0.0174. The van der Waals surface area contributed by atoms with Gasteiger partial charge in [-0.15, -0.1) is 6.58 Å². The number of nitrogens with one attached hydrogen (secondary N) is 7. The maximum atomic E-state index is 10.9. The van der Waals surface area contributed by atoms with Crippen molar-refractivity contribution in [3.63, 3.8) is 0 Å². The molecule has 0 bridgehead atoms. The van der Waals surface area contributed by atoms with Crippen molar-refractivity contribution in [3.8, 4) is 0 Å². The first-order valence-corrected chi connectivity index (χ1v) is 33.0. The van der Waals surface area contributed by atoms with E-state index >= 15 is 0 Å². The fraction of sp³-hybridized carbons (Fsp3) is 0.316. The number of amides is 7. The molecule has 0 aliphatic heterocycles. The van der Waals surface area contributed by atoms with Crippen molar-refractivity contribution in [2.45, 2.75) is 115 Å². The minimum Gasteiger partial charge on any atom is -0.359 e. The molecule has 0 saturated carbocycles. The van der Waals surface area contributed by atoms with Crippen LogP contribution < -0.4 is 37.2 Å². The summed E-state index contributed by atoms with van der Waals surface area (Å²) in [5.74, 6) is 0.470. The molecule has 4 aromatic heterocycles. The molecule has 0 atom stereocenters. The van der Waals surface area contributed by atoms with Crippen LogP contribution in [-0.4, -0.2) is 106 Å². The van der Waals surface area contributed by atoms with E-state index in [0.717, 1.165) is 23.5 Å². The summed E-state index contributed by atoms with van der Waals surface area (Å²) < 4.78 is 0. The van der Waals surface area contributed by atoms with Crippen LogP contribution in [0.15, 0.2) is 242 Å². The molecule has 0 radical (unpaired) electrons. The maximum Gasteiger partial charge on any atom is 0.269 e. The Morgan fingerprint density at radius 1 is 0.485 bits per heavy atom. The number of benzene rings is 3. The highest BCUT2D eigenvalue weighted by atomic mass is 32.1. The number of nitrogens with zero attached hydrogens (tertiary/aromatic N) is 3. The van der Waals surface area contributed by atoms with E-state index in [4.69, 9.17) is 0 Å². The van der Waals surface area contributed by atoms with Crippen molar-refractivity contribution in [1.82, 2.24) is 52.2 Å². The number of unbranched alkanes of at least 4 members (excludes halogenated alkanes) is 2. The molecular weight excluding hydrogens is 1230 g/mol. The zero-order chi connectivity index (χ0) is 74.1. The maximum absolute atomic E-state index is 10.9. The Morgan fingerprint density at radius 2 is 0.938 bits per heavy atom. The molecule has 528 valence electrons. The zero-order valence-corrected chi connectivity index (χ0v) is 61.9. The first kappa shape index (κ1) is 95.5. The van der Waals surface area contributed by atoms with Crippen LogP contribution in [0.2, 0.25) is 0 Å². The largest absolute Gasteiger partial charge is 0.359 e. The SMILES string of the molecule is C/C=C/C.C/C=C/C(C)C.C/C=C/CCCC.C=CC.CC=C(C)C.CNC(=O)CCc1ccccc1.CNC(=O)Cc1ccccc1.CNC(=O)c1ccccc1.CNC(=O)c1ccccn1.CNC(=O)c1cccnc1.CNC(=O)c1ccncc1.CNC(=O)c1ccsc1. The third kappa shape index (κ3) is 63.0. The van der Waals surface area contributed by atoms with Gasteiger partial charge in [0.25, 0.3) is 29.5 Å². The van der Waals surface area contributed by atoms with Gasteiger partial charge in [-0.25, -0.2) is 0 Å². The summed E-state index contributed by atoms with van der Waals surface area (Å²) >= 11 is 1.52. The molecule has 7 N–H and O–H groups in total. The van der Waals surface area contributed by atoms with Crippen LogP contribution in [0.5, 0.6) is 0 Å². The highest BCUT2D eigenvalue weighted by Crippen LogP contribution is 2.05. The molecule has 0 aliphatic rings. The van der Waals surface area contributed by atoms with Gasteiger partial charge < -0.3 is 37.2 Å². The molecule has 17 nitrogen and oxygen atoms in total. The summed E-state index contributed by atoms with van der Waals surface area (Å²) in [6.45, 7) is 26.1. The standard InChI is InChI=1S/C10H13NO.C9H11NO.C8H9NO.3C7H8N2O.C7H14.C6H7NOS.C6H12.C5H10.C4H8.C3H6/c1-11-10(12)8-7-9-5-3-2-4-6-9;1-10-9(11)7-8-5-3-2-4-6-8;1-9-8(10)7-5-3-2-4-6-7;1-8-7(10)6-2-4-9-5-3-6;1-8-7(10)6-3-2-4-9-5-6;1-8-7(10)6-4-2-3-5-9-6;1-3-5-7-6-4-2;1-7-6(8)5-2-3-9-4-5;1-4-5-6(2)3;1-4-5(2)3;1-3-4-2;1-3-2/h2-6H,7-8H2,1H3,(H,11,12);2-6H,7H2,1H3,(H,10,11);2-6H,1H3,(H,9,10);3*2-5H,1H3,(H,8,10);3,5H,4,6-7H2,1-2H3;2-4H,1H3,(H,7,8);4-6H,1-3H3;4H,1-3H3;3-4H,1-2H3;3H,1H2,2H3/b;;;;;;5-3+;;5-4+;;4-3+;. The molecule has 7 rings (SSSR count). The second kappa shape index (κ2) is 71.6. The van der Waals surface area contributed by atoms with E-state index in [1.54, 1.807) is 141 Å². The predicted molar refractivity (Wildman–Crippen MR) is 409 cm³/mol. The Balaban J connectivity index is -0.000000322. The van der Waals surface area contributed by atoms with Crippen molar-refractivity contribution in [2.75, 3.05) is 49.3 Å². The normalized spacial score (nSPS) is 9.06. The van der Waals surface area contributed by atoms with Gasteiger partial charge in [-0.05, 0) is 145 Å². The molecule has 7 amide bonds. The number of hydrogen-bond donors (Lipinski definition) is 7. The molecule has 0 saturated heterocycles. The van der Waals surface area contributed by atoms with Crippen molar-refractivity contribution in [3.05, 3.63) is 281 Å². The average molecular weight is 1350 g/mol. The fourth-order valence-electron chi connectivity index (χ4n) is 5.96. The van der Waals surface area contributed by atoms with Crippen LogP contribution in [0.4, 0.5) is 0 Å². The number of pyridine rings is 3. The number of carbonyl (C=O) groups is 7. The van der Waals surface area contributed by atoms with E-state index in [9.17, 15) is 33.6 Å². The molecule has 0 fully saturated rings. The second-order valence-electron chi connectivity index (χ2n) is 19.9. The highest BCUT2D eigenvalue weighted by molar-refractivity contribution is 7.08. The number of thiophene rings is 1. The summed E-state index contributed by atoms with van der Waals surface area (Å²) in [5, 5.41) is 21.4. The number of hydrogen-bond acceptors (Lipinski definition) is 11. The third-order valence-corrected chi connectivity index (χ3v) is 12.1. The van der Waals surface area contributed by atoms with Gasteiger partial charge in [0.05, 0.1) is 12.0 Å². The van der Waals surface area contributed by atoms with Gasteiger partial charge in [0, 0.05) is 109 Å². The lowest BCUT2D eigenvalue weighted by Gasteiger charge is -1.99. The lowest BCUT2D eigenvalue weighted by molar-refractivity contribution is -0.121. The van der Waals surface area contributed by atoms with E-state index in [0.29, 0.717) is 35.2 Å². The molecule has 0 spiro atoms. The van der Waals surface area contributed by atoms with Gasteiger partial charge in [-0.1, -0.05) is 173 Å². The van der Waals surface area contributed by atoms with E-state index in [2.05, 4.69) is 131 Å². The summed E-state index contributed by atoms with van der Waals surface area (Å²) in [6.07, 6.45) is 30.1. The van der Waals surface area contributed by atoms with Crippen molar-refractivity contribution in [2.24, 2.45) is 5.92 Å². The van der Waals surface area contributed by atoms with E-state index in [1.165, 1.54) is 47.9 Å². The smallest absolute Gasteiger partial charge is 0.269 e. The Bertz CT molecular complexity index is 2920. The monoisotopic (exact) mass is 1350 g/mol. The number of carbonyl (C=O) groups excluding carboxylic acids is 7. The number of allylic oxidation sites excluding steroid dienone is 9. The number of aromatic nitrogens is 3. The number of likely N-dealkylation sites (N-methyl/N-ethyl adjacent to an activating group) is 1. The van der Waals surface area contributed by atoms with Gasteiger partial charge in [-0.2, -0.15) is 11.3 Å². The van der Waals surface area contributed by atoms with Crippen LogP contribution in [0.25, 0.3) is 0 Å². The third-order valence-electron chi connectivity index (χ3n) is 11.4. The van der Waals surface area contributed by atoms with E-state index in [-0.39, 0.29) is 41.4 Å². The molecule has 18 heteroatoms. The predicted octanol–water partition coefficient (Wildman–Crippen LogP) is 15.5. The number of rotatable bonds is 14. The lowest BCUT2D eigenvalue weighted by atomic mass is 10.1. The van der Waals surface area contributed by atoms with Gasteiger partial charge in [0.1, 0.15) is 5.69 Å². The van der Waals surface area contributed by atoms with Gasteiger partial charge in [0.15, 0.2) is 0 Å². The highest BCUT2D eigenvalue weighted by Gasteiger charge is 2.03. The van der Waals surface area contributed by atoms with Crippen LogP contribution in [0, 0.1) is 5.92 Å². The molecule has 4 heterocycles. The summed E-state index contributed by atoms with van der Waals surface area (Å²) in [4.78, 5) is 87.4. The van der Waals surface area contributed by atoms with Gasteiger partial charge in [-0.3, -0.25) is 48.5 Å². The first-order valence-electron chi connectivity index (χ1n) is 32.0. The molecule has 7 aromatic rings. The molecule has 0 aliphatic carbocycles. The first-order chi connectivity index (χ1) is 46.6. The molecule has 97 heavy (non-hydrogen) atoms. The quantitative estimate of drug-likeness (QED) is 0.0401. The summed E-state index contributed by atoms with van der Waals surface area (Å²) in [5.41, 5.74) is 6.75. The Kier molecular flexibility index (Phi) is 70.5. The average Bonchev–Trinajstić information content (AvgIpc) is 3.61. The Morgan fingerprint density at radius 3 is 1.31 bits per heavy atom. The van der Waals surface area contributed by atoms with Crippen LogP contribution in [0.3, 0.4) is 0 Å². The molecular formula is C79H114N10O7S. The Hall–Kier alpha value is -10.2. The number of aryl methyl sites for hydroxylation is 1. The lowest BCUT2D eigenvalue weighted by Crippen LogP contribution is -2.19. The topological polar surface area (TPSA) is 242 Å². The second-order valence-corrected chi connectivity index (χ2v) is 20.7. The van der Waals surface area contributed by atoms with Gasteiger partial charge >= 0.3 is 0 Å². The van der Waals surface area contributed by atoms with Crippen LogP contribution in [-0.2, 0) is 22.4 Å². The Labute approximate surface area is 586 Å². The van der Waals surface area contributed by atoms with Crippen molar-refractivity contribution in [1.29, 1.82) is 0 Å². The van der Waals surface area contributed by atoms with E-state index < -0.39 is 0 Å². The minimum atomic E-state index is -0.152. The van der Waals surface area contributed by atoms with Gasteiger partial charge in [0.2, 0.25) is 11.8 Å². The molecule has 3 aromatic carbocycles. The van der Waals surface area contributed by atoms with Crippen molar-refractivity contribution >= 4 is 52.7 Å². The summed E-state index contributed by atoms with van der Waals surface area (Å²) in [6, 6.07) is 42.6. The van der Waals surface area contributed by atoms with Crippen molar-refractivity contribution < 1.29 is 33.6 Å². The van der Waals surface area contributed by atoms with Crippen LogP contribution in [0.1, 0.15) is 165 Å².